The molecule has 2 rings (SSSR count). The minimum Gasteiger partial charge on any atom is -0.395 e. The van der Waals surface area contributed by atoms with Gasteiger partial charge in [-0.15, -0.1) is 0 Å². The Morgan fingerprint density at radius 2 is 2.14 bits per heavy atom. The van der Waals surface area contributed by atoms with Gasteiger partial charge in [-0.25, -0.2) is 4.39 Å². The Bertz CT molecular complexity index is 527. The van der Waals surface area contributed by atoms with Gasteiger partial charge >= 0.3 is 0 Å². The molecule has 0 saturated heterocycles. The van der Waals surface area contributed by atoms with E-state index in [0.29, 0.717) is 12.1 Å². The molecule has 21 heavy (non-hydrogen) atoms. The van der Waals surface area contributed by atoms with E-state index in [9.17, 15) is 9.18 Å². The number of aliphatic hydroxyl groups is 1. The van der Waals surface area contributed by atoms with Crippen molar-refractivity contribution in [2.75, 3.05) is 13.2 Å². The Morgan fingerprint density at radius 3 is 2.76 bits per heavy atom. The summed E-state index contributed by atoms with van der Waals surface area (Å²) in [5, 5.41) is 9.16. The summed E-state index contributed by atoms with van der Waals surface area (Å²) in [5.41, 5.74) is 0.671. The predicted molar refractivity (Wildman–Crippen MR) is 81.5 cm³/mol. The molecule has 1 saturated carbocycles. The molecule has 1 aromatic rings. The third-order valence-corrected chi connectivity index (χ3v) is 4.04. The first-order chi connectivity index (χ1) is 10.1. The molecule has 0 aliphatic heterocycles. The number of rotatable bonds is 5. The van der Waals surface area contributed by atoms with Crippen LogP contribution in [0.5, 0.6) is 0 Å². The Balaban J connectivity index is 2.06. The summed E-state index contributed by atoms with van der Waals surface area (Å²) >= 11 is 5.71. The molecule has 3 nitrogen and oxygen atoms in total. The van der Waals surface area contributed by atoms with Crippen molar-refractivity contribution in [2.45, 2.75) is 31.7 Å². The van der Waals surface area contributed by atoms with Crippen molar-refractivity contribution >= 4 is 23.6 Å². The number of halogens is 2. The molecule has 1 fully saturated rings. The molecule has 114 valence electrons. The molecular formula is C16H19ClFNO2. The van der Waals surface area contributed by atoms with Crippen LogP contribution < -0.4 is 0 Å². The quantitative estimate of drug-likeness (QED) is 0.848. The standard InChI is InChI=1S/C16H19ClFNO2/c17-14-11-12(5-7-15(14)18)6-8-16(21)19(9-10-20)13-3-1-2-4-13/h5-8,11,13,20H,1-4,9-10H2. The van der Waals surface area contributed by atoms with Gasteiger partial charge in [0, 0.05) is 18.7 Å². The van der Waals surface area contributed by atoms with Gasteiger partial charge in [0.2, 0.25) is 5.91 Å². The van der Waals surface area contributed by atoms with Crippen LogP contribution in [0.15, 0.2) is 24.3 Å². The normalized spacial score (nSPS) is 15.8. The summed E-state index contributed by atoms with van der Waals surface area (Å²) < 4.78 is 13.1. The van der Waals surface area contributed by atoms with Crippen LogP contribution in [0.2, 0.25) is 5.02 Å². The first-order valence-electron chi connectivity index (χ1n) is 7.16. The second-order valence-corrected chi connectivity index (χ2v) is 5.61. The van der Waals surface area contributed by atoms with Crippen LogP contribution in [-0.2, 0) is 4.79 Å². The van der Waals surface area contributed by atoms with Gasteiger partial charge in [0.05, 0.1) is 11.6 Å². The van der Waals surface area contributed by atoms with Crippen LogP contribution in [-0.4, -0.2) is 35.1 Å². The highest BCUT2D eigenvalue weighted by molar-refractivity contribution is 6.30. The van der Waals surface area contributed by atoms with E-state index in [0.717, 1.165) is 25.7 Å². The van der Waals surface area contributed by atoms with E-state index < -0.39 is 5.82 Å². The molecule has 0 atom stereocenters. The largest absolute Gasteiger partial charge is 0.395 e. The van der Waals surface area contributed by atoms with E-state index in [-0.39, 0.29) is 23.6 Å². The minimum absolute atomic E-state index is 0.0348. The molecule has 1 aliphatic carbocycles. The number of carbonyl (C=O) groups is 1. The second kappa shape index (κ2) is 7.57. The lowest BCUT2D eigenvalue weighted by Gasteiger charge is -2.27. The zero-order valence-corrected chi connectivity index (χ0v) is 12.5. The van der Waals surface area contributed by atoms with Crippen LogP contribution in [0.3, 0.4) is 0 Å². The fraction of sp³-hybridized carbons (Fsp3) is 0.438. The molecule has 0 spiro atoms. The minimum atomic E-state index is -0.479. The predicted octanol–water partition coefficient (Wildman–Crippen LogP) is 3.26. The summed E-state index contributed by atoms with van der Waals surface area (Å²) in [6.07, 6.45) is 7.29. The Labute approximate surface area is 129 Å². The van der Waals surface area contributed by atoms with Crippen LogP contribution in [0.4, 0.5) is 4.39 Å². The van der Waals surface area contributed by atoms with Gasteiger partial charge in [0.25, 0.3) is 0 Å². The second-order valence-electron chi connectivity index (χ2n) is 5.20. The maximum absolute atomic E-state index is 13.1. The van der Waals surface area contributed by atoms with Crippen molar-refractivity contribution in [3.05, 3.63) is 40.7 Å². The van der Waals surface area contributed by atoms with E-state index >= 15 is 0 Å². The molecule has 0 aromatic heterocycles. The van der Waals surface area contributed by atoms with Gasteiger partial charge in [0.1, 0.15) is 5.82 Å². The topological polar surface area (TPSA) is 40.5 Å². The highest BCUT2D eigenvalue weighted by Gasteiger charge is 2.24. The number of benzene rings is 1. The van der Waals surface area contributed by atoms with Crippen molar-refractivity contribution in [3.63, 3.8) is 0 Å². The molecule has 1 amide bonds. The van der Waals surface area contributed by atoms with Gasteiger partial charge in [-0.2, -0.15) is 0 Å². The van der Waals surface area contributed by atoms with Gasteiger partial charge < -0.3 is 10.0 Å². The smallest absolute Gasteiger partial charge is 0.246 e. The van der Waals surface area contributed by atoms with Crippen LogP contribution in [0.25, 0.3) is 6.08 Å². The number of carbonyl (C=O) groups excluding carboxylic acids is 1. The first kappa shape index (κ1) is 16.0. The van der Waals surface area contributed by atoms with Crippen molar-refractivity contribution in [3.8, 4) is 0 Å². The molecule has 0 radical (unpaired) electrons. The fourth-order valence-corrected chi connectivity index (χ4v) is 2.86. The lowest BCUT2D eigenvalue weighted by atomic mass is 10.1. The number of nitrogens with zero attached hydrogens (tertiary/aromatic N) is 1. The zero-order chi connectivity index (χ0) is 15.2. The number of hydrogen-bond acceptors (Lipinski definition) is 2. The monoisotopic (exact) mass is 311 g/mol. The van der Waals surface area contributed by atoms with Crippen molar-refractivity contribution in [2.24, 2.45) is 0 Å². The first-order valence-corrected chi connectivity index (χ1v) is 7.54. The molecule has 1 N–H and O–H groups in total. The molecule has 0 unspecified atom stereocenters. The van der Waals surface area contributed by atoms with Crippen molar-refractivity contribution in [1.82, 2.24) is 4.90 Å². The molecule has 1 aliphatic rings. The zero-order valence-electron chi connectivity index (χ0n) is 11.8. The van der Waals surface area contributed by atoms with E-state index in [4.69, 9.17) is 16.7 Å². The Morgan fingerprint density at radius 1 is 1.43 bits per heavy atom. The maximum Gasteiger partial charge on any atom is 0.246 e. The lowest BCUT2D eigenvalue weighted by Crippen LogP contribution is -2.39. The summed E-state index contributed by atoms with van der Waals surface area (Å²) in [6, 6.07) is 4.53. The molecule has 5 heteroatoms. The summed E-state index contributed by atoms with van der Waals surface area (Å²) in [4.78, 5) is 14.0. The third kappa shape index (κ3) is 4.29. The van der Waals surface area contributed by atoms with E-state index in [1.807, 2.05) is 0 Å². The Kier molecular flexibility index (Phi) is 5.76. The molecule has 1 aromatic carbocycles. The SMILES string of the molecule is O=C(C=Cc1ccc(F)c(Cl)c1)N(CCO)C1CCCC1. The van der Waals surface area contributed by atoms with Crippen molar-refractivity contribution < 1.29 is 14.3 Å². The van der Waals surface area contributed by atoms with E-state index in [1.54, 1.807) is 17.0 Å². The molecule has 0 bridgehead atoms. The average Bonchev–Trinajstić information content (AvgIpc) is 2.99. The fourth-order valence-electron chi connectivity index (χ4n) is 2.68. The van der Waals surface area contributed by atoms with Gasteiger partial charge in [-0.1, -0.05) is 30.5 Å². The Hall–Kier alpha value is -1.39. The maximum atomic E-state index is 13.1. The van der Waals surface area contributed by atoms with Crippen LogP contribution >= 0.6 is 11.6 Å². The van der Waals surface area contributed by atoms with Gasteiger partial charge in [0.15, 0.2) is 0 Å². The number of amides is 1. The van der Waals surface area contributed by atoms with E-state index in [1.165, 1.54) is 18.2 Å². The summed E-state index contributed by atoms with van der Waals surface area (Å²) in [6.45, 7) is 0.302. The molecular weight excluding hydrogens is 293 g/mol. The van der Waals surface area contributed by atoms with Gasteiger partial charge in [-0.05, 0) is 36.6 Å². The highest BCUT2D eigenvalue weighted by Crippen LogP contribution is 2.24. The average molecular weight is 312 g/mol. The molecule has 0 heterocycles. The summed E-state index contributed by atoms with van der Waals surface area (Å²) in [5.74, 6) is -0.607. The number of aliphatic hydroxyl groups excluding tert-OH is 1. The lowest BCUT2D eigenvalue weighted by molar-refractivity contribution is -0.128. The third-order valence-electron chi connectivity index (χ3n) is 3.75. The summed E-state index contributed by atoms with van der Waals surface area (Å²) in [7, 11) is 0. The van der Waals surface area contributed by atoms with Crippen LogP contribution in [0.1, 0.15) is 31.2 Å². The highest BCUT2D eigenvalue weighted by atomic mass is 35.5. The number of hydrogen-bond donors (Lipinski definition) is 1. The van der Waals surface area contributed by atoms with Gasteiger partial charge in [-0.3, -0.25) is 4.79 Å². The van der Waals surface area contributed by atoms with Crippen LogP contribution in [0, 0.1) is 5.82 Å². The van der Waals surface area contributed by atoms with Crippen molar-refractivity contribution in [1.29, 1.82) is 0 Å². The van der Waals surface area contributed by atoms with E-state index in [2.05, 4.69) is 0 Å².